The number of anilines is 2. The summed E-state index contributed by atoms with van der Waals surface area (Å²) in [5, 5.41) is 2.99. The van der Waals surface area contributed by atoms with Crippen molar-refractivity contribution in [2.75, 3.05) is 31.7 Å². The van der Waals surface area contributed by atoms with Gasteiger partial charge in [0.2, 0.25) is 15.9 Å². The summed E-state index contributed by atoms with van der Waals surface area (Å²) in [6.07, 6.45) is 0. The first-order valence-corrected chi connectivity index (χ1v) is 8.05. The second-order valence-electron chi connectivity index (χ2n) is 4.68. The predicted molar refractivity (Wildman–Crippen MR) is 83.5 cm³/mol. The zero-order valence-electron chi connectivity index (χ0n) is 12.7. The van der Waals surface area contributed by atoms with Gasteiger partial charge in [0.15, 0.2) is 0 Å². The molecule has 118 valence electrons. The molecule has 1 unspecified atom stereocenters. The Balaban J connectivity index is 2.94. The number of carbonyl (C=O) groups excluding carboxylic acids is 1. The first-order valence-electron chi connectivity index (χ1n) is 6.57. The molecule has 0 aliphatic carbocycles. The van der Waals surface area contributed by atoms with Crippen molar-refractivity contribution in [1.82, 2.24) is 9.62 Å². The van der Waals surface area contributed by atoms with E-state index >= 15 is 0 Å². The number of nitrogens with two attached hydrogens (primary N) is 1. The van der Waals surface area contributed by atoms with E-state index in [0.717, 1.165) is 0 Å². The standard InChI is InChI=1S/C13H22N4O3S/c1-5-17(4)13(18)9(2)16-12-7-6-10(8-11(12)14)21(19,20)15-3/h6-9,15-16H,5,14H2,1-4H3. The van der Waals surface area contributed by atoms with E-state index in [1.165, 1.54) is 19.2 Å². The fraction of sp³-hybridized carbons (Fsp3) is 0.462. The third kappa shape index (κ3) is 4.08. The highest BCUT2D eigenvalue weighted by molar-refractivity contribution is 7.89. The minimum atomic E-state index is -3.53. The highest BCUT2D eigenvalue weighted by Crippen LogP contribution is 2.23. The number of benzene rings is 1. The van der Waals surface area contributed by atoms with Crippen LogP contribution in [-0.2, 0) is 14.8 Å². The normalized spacial score (nSPS) is 12.8. The molecular weight excluding hydrogens is 292 g/mol. The van der Waals surface area contributed by atoms with Gasteiger partial charge < -0.3 is 16.0 Å². The Kier molecular flexibility index (Phi) is 5.56. The van der Waals surface area contributed by atoms with Crippen molar-refractivity contribution in [3.05, 3.63) is 18.2 Å². The second-order valence-corrected chi connectivity index (χ2v) is 6.56. The van der Waals surface area contributed by atoms with Crippen LogP contribution in [0.1, 0.15) is 13.8 Å². The van der Waals surface area contributed by atoms with Gasteiger partial charge in [0.25, 0.3) is 0 Å². The van der Waals surface area contributed by atoms with Crippen molar-refractivity contribution >= 4 is 27.3 Å². The van der Waals surface area contributed by atoms with Crippen molar-refractivity contribution in [2.24, 2.45) is 0 Å². The topological polar surface area (TPSA) is 105 Å². The van der Waals surface area contributed by atoms with Gasteiger partial charge in [0.05, 0.1) is 16.3 Å². The minimum Gasteiger partial charge on any atom is -0.397 e. The van der Waals surface area contributed by atoms with Gasteiger partial charge >= 0.3 is 0 Å². The van der Waals surface area contributed by atoms with Crippen molar-refractivity contribution in [1.29, 1.82) is 0 Å². The Morgan fingerprint density at radius 2 is 2.05 bits per heavy atom. The van der Waals surface area contributed by atoms with E-state index < -0.39 is 16.1 Å². The second kappa shape index (κ2) is 6.77. The molecule has 1 rings (SSSR count). The summed E-state index contributed by atoms with van der Waals surface area (Å²) in [6.45, 7) is 4.22. The number of likely N-dealkylation sites (N-methyl/N-ethyl adjacent to an activating group) is 1. The largest absolute Gasteiger partial charge is 0.397 e. The third-order valence-electron chi connectivity index (χ3n) is 3.20. The number of amides is 1. The Hall–Kier alpha value is -1.80. The molecule has 0 aliphatic rings. The van der Waals surface area contributed by atoms with Crippen LogP contribution in [0.5, 0.6) is 0 Å². The highest BCUT2D eigenvalue weighted by atomic mass is 32.2. The first kappa shape index (κ1) is 17.3. The summed E-state index contributed by atoms with van der Waals surface area (Å²) in [5.41, 5.74) is 6.64. The van der Waals surface area contributed by atoms with E-state index in [2.05, 4.69) is 10.0 Å². The Morgan fingerprint density at radius 1 is 1.43 bits per heavy atom. The molecule has 4 N–H and O–H groups in total. The molecule has 0 saturated heterocycles. The molecular formula is C13H22N4O3S. The highest BCUT2D eigenvalue weighted by Gasteiger charge is 2.18. The molecule has 1 amide bonds. The van der Waals surface area contributed by atoms with E-state index in [1.54, 1.807) is 24.9 Å². The fourth-order valence-electron chi connectivity index (χ4n) is 1.74. The van der Waals surface area contributed by atoms with E-state index in [4.69, 9.17) is 5.73 Å². The Bertz CT molecular complexity index is 616. The molecule has 1 aromatic carbocycles. The van der Waals surface area contributed by atoms with Crippen LogP contribution in [0.25, 0.3) is 0 Å². The zero-order chi connectivity index (χ0) is 16.2. The van der Waals surface area contributed by atoms with Gasteiger partial charge in [-0.1, -0.05) is 0 Å². The van der Waals surface area contributed by atoms with Crippen LogP contribution in [0.15, 0.2) is 23.1 Å². The average Bonchev–Trinajstić information content (AvgIpc) is 2.47. The molecule has 8 heteroatoms. The number of hydrogen-bond acceptors (Lipinski definition) is 5. The average molecular weight is 314 g/mol. The summed E-state index contributed by atoms with van der Waals surface area (Å²) >= 11 is 0. The third-order valence-corrected chi connectivity index (χ3v) is 4.61. The number of nitrogen functional groups attached to an aromatic ring is 1. The first-order chi connectivity index (χ1) is 9.72. The maximum absolute atomic E-state index is 12.0. The van der Waals surface area contributed by atoms with Gasteiger partial charge in [-0.05, 0) is 39.1 Å². The quantitative estimate of drug-likeness (QED) is 0.662. The van der Waals surface area contributed by atoms with Crippen LogP contribution in [0, 0.1) is 0 Å². The molecule has 0 aliphatic heterocycles. The Labute approximate surface area is 125 Å². The number of sulfonamides is 1. The molecule has 0 aromatic heterocycles. The lowest BCUT2D eigenvalue weighted by molar-refractivity contribution is -0.130. The Morgan fingerprint density at radius 3 is 2.52 bits per heavy atom. The lowest BCUT2D eigenvalue weighted by Gasteiger charge is -2.22. The van der Waals surface area contributed by atoms with Crippen molar-refractivity contribution in [3.63, 3.8) is 0 Å². The minimum absolute atomic E-state index is 0.0659. The van der Waals surface area contributed by atoms with Crippen LogP contribution in [-0.4, -0.2) is 45.9 Å². The molecule has 1 atom stereocenters. The lowest BCUT2D eigenvalue weighted by atomic mass is 10.2. The predicted octanol–water partition coefficient (Wildman–Crippen LogP) is 0.456. The van der Waals surface area contributed by atoms with E-state index in [-0.39, 0.29) is 16.5 Å². The van der Waals surface area contributed by atoms with Gasteiger partial charge in [-0.2, -0.15) is 0 Å². The molecule has 21 heavy (non-hydrogen) atoms. The molecule has 0 radical (unpaired) electrons. The van der Waals surface area contributed by atoms with Gasteiger partial charge in [0.1, 0.15) is 6.04 Å². The molecule has 7 nitrogen and oxygen atoms in total. The number of nitrogens with zero attached hydrogens (tertiary/aromatic N) is 1. The van der Waals surface area contributed by atoms with E-state index in [9.17, 15) is 13.2 Å². The summed E-state index contributed by atoms with van der Waals surface area (Å²) in [5.74, 6) is -0.0659. The molecule has 0 fully saturated rings. The van der Waals surface area contributed by atoms with Gasteiger partial charge in [-0.3, -0.25) is 4.79 Å². The van der Waals surface area contributed by atoms with E-state index in [0.29, 0.717) is 12.2 Å². The van der Waals surface area contributed by atoms with Crippen LogP contribution < -0.4 is 15.8 Å². The molecule has 0 heterocycles. The fourth-order valence-corrected chi connectivity index (χ4v) is 2.50. The van der Waals surface area contributed by atoms with E-state index in [1.807, 2.05) is 6.92 Å². The molecule has 0 saturated carbocycles. The molecule has 0 spiro atoms. The van der Waals surface area contributed by atoms with Crippen molar-refractivity contribution < 1.29 is 13.2 Å². The summed E-state index contributed by atoms with van der Waals surface area (Å²) in [6, 6.07) is 3.89. The van der Waals surface area contributed by atoms with Gasteiger partial charge in [0, 0.05) is 13.6 Å². The van der Waals surface area contributed by atoms with Gasteiger partial charge in [-0.15, -0.1) is 0 Å². The number of nitrogens with one attached hydrogen (secondary N) is 2. The lowest BCUT2D eigenvalue weighted by Crippen LogP contribution is -2.39. The zero-order valence-corrected chi connectivity index (χ0v) is 13.5. The summed E-state index contributed by atoms with van der Waals surface area (Å²) in [4.78, 5) is 13.7. The van der Waals surface area contributed by atoms with Crippen molar-refractivity contribution in [3.8, 4) is 0 Å². The SMILES string of the molecule is CCN(C)C(=O)C(C)Nc1ccc(S(=O)(=O)NC)cc1N. The smallest absolute Gasteiger partial charge is 0.244 e. The van der Waals surface area contributed by atoms with Crippen LogP contribution in [0.3, 0.4) is 0 Å². The number of hydrogen-bond donors (Lipinski definition) is 3. The van der Waals surface area contributed by atoms with Gasteiger partial charge in [-0.25, -0.2) is 13.1 Å². The maximum atomic E-state index is 12.0. The number of rotatable bonds is 6. The van der Waals surface area contributed by atoms with Crippen molar-refractivity contribution in [2.45, 2.75) is 24.8 Å². The summed E-state index contributed by atoms with van der Waals surface area (Å²) < 4.78 is 25.6. The monoisotopic (exact) mass is 314 g/mol. The van der Waals surface area contributed by atoms with Crippen LogP contribution in [0.4, 0.5) is 11.4 Å². The molecule has 0 bridgehead atoms. The maximum Gasteiger partial charge on any atom is 0.244 e. The number of carbonyl (C=O) groups is 1. The summed E-state index contributed by atoms with van der Waals surface area (Å²) in [7, 11) is -0.485. The van der Waals surface area contributed by atoms with Crippen LogP contribution >= 0.6 is 0 Å². The van der Waals surface area contributed by atoms with Crippen LogP contribution in [0.2, 0.25) is 0 Å². The molecule has 1 aromatic rings.